The topological polar surface area (TPSA) is 58.6 Å². The predicted molar refractivity (Wildman–Crippen MR) is 101 cm³/mol. The average Bonchev–Trinajstić information content (AvgIpc) is 2.65. The molecule has 0 saturated heterocycles. The molecule has 0 aromatic heterocycles. The number of amides is 2. The smallest absolute Gasteiger partial charge is 0.243 e. The van der Waals surface area contributed by atoms with Crippen LogP contribution in [-0.4, -0.2) is 42.7 Å². The number of methoxy groups -OCH3 is 1. The van der Waals surface area contributed by atoms with Gasteiger partial charge in [0.2, 0.25) is 11.8 Å². The summed E-state index contributed by atoms with van der Waals surface area (Å²) in [6.07, 6.45) is 0. The number of thioether (sulfide) groups is 1. The Balaban J connectivity index is 1.89. The normalized spacial score (nSPS) is 10.3. The molecule has 0 aliphatic heterocycles. The second kappa shape index (κ2) is 9.82. The van der Waals surface area contributed by atoms with Gasteiger partial charge in [0.1, 0.15) is 11.6 Å². The van der Waals surface area contributed by atoms with Crippen LogP contribution < -0.4 is 10.1 Å². The Kier molecular flexibility index (Phi) is 7.47. The maximum atomic E-state index is 13.6. The van der Waals surface area contributed by atoms with Crippen LogP contribution in [0, 0.1) is 5.82 Å². The SMILES string of the molecule is CCN(CC(=O)Nc1cccc(OC)c1)C(=O)CSc1ccccc1F. The first kappa shape index (κ1) is 19.8. The Bertz CT molecular complexity index is 770. The minimum Gasteiger partial charge on any atom is -0.497 e. The standard InChI is InChI=1S/C19H21FN2O3S/c1-3-22(19(24)13-26-17-10-5-4-9-16(17)20)12-18(23)21-14-7-6-8-15(11-14)25-2/h4-11H,3,12-13H2,1-2H3,(H,21,23). The molecule has 138 valence electrons. The van der Waals surface area contributed by atoms with Crippen molar-refractivity contribution in [3.63, 3.8) is 0 Å². The lowest BCUT2D eigenvalue weighted by atomic mass is 10.3. The molecule has 0 radical (unpaired) electrons. The Labute approximate surface area is 156 Å². The van der Waals surface area contributed by atoms with E-state index in [-0.39, 0.29) is 29.9 Å². The van der Waals surface area contributed by atoms with E-state index < -0.39 is 0 Å². The minimum atomic E-state index is -0.357. The largest absolute Gasteiger partial charge is 0.497 e. The van der Waals surface area contributed by atoms with Gasteiger partial charge in [-0.05, 0) is 31.2 Å². The molecule has 0 fully saturated rings. The summed E-state index contributed by atoms with van der Waals surface area (Å²) in [5.74, 6) is -0.177. The number of ether oxygens (including phenoxy) is 1. The number of carbonyl (C=O) groups excluding carboxylic acids is 2. The van der Waals surface area contributed by atoms with E-state index in [1.54, 1.807) is 56.5 Å². The number of benzene rings is 2. The maximum Gasteiger partial charge on any atom is 0.243 e. The Morgan fingerprint density at radius 3 is 2.65 bits per heavy atom. The Morgan fingerprint density at radius 1 is 1.19 bits per heavy atom. The van der Waals surface area contributed by atoms with Crippen LogP contribution in [-0.2, 0) is 9.59 Å². The highest BCUT2D eigenvalue weighted by atomic mass is 32.2. The zero-order valence-corrected chi connectivity index (χ0v) is 15.5. The summed E-state index contributed by atoms with van der Waals surface area (Å²) in [6, 6.07) is 13.3. The molecule has 2 rings (SSSR count). The molecule has 7 heteroatoms. The second-order valence-corrected chi connectivity index (χ2v) is 6.42. The van der Waals surface area contributed by atoms with Crippen molar-refractivity contribution in [2.24, 2.45) is 0 Å². The predicted octanol–water partition coefficient (Wildman–Crippen LogP) is 3.41. The molecule has 2 amide bonds. The highest BCUT2D eigenvalue weighted by molar-refractivity contribution is 8.00. The second-order valence-electron chi connectivity index (χ2n) is 5.41. The van der Waals surface area contributed by atoms with Gasteiger partial charge in [0.05, 0.1) is 19.4 Å². The number of anilines is 1. The van der Waals surface area contributed by atoms with Crippen molar-refractivity contribution in [2.75, 3.05) is 31.3 Å². The first-order valence-electron chi connectivity index (χ1n) is 8.12. The molecule has 0 spiro atoms. The van der Waals surface area contributed by atoms with E-state index in [2.05, 4.69) is 5.32 Å². The van der Waals surface area contributed by atoms with Crippen molar-refractivity contribution < 1.29 is 18.7 Å². The van der Waals surface area contributed by atoms with Gasteiger partial charge in [0.25, 0.3) is 0 Å². The van der Waals surface area contributed by atoms with Crippen LogP contribution in [0.1, 0.15) is 6.92 Å². The summed E-state index contributed by atoms with van der Waals surface area (Å²) in [5, 5.41) is 2.74. The summed E-state index contributed by atoms with van der Waals surface area (Å²) in [5.41, 5.74) is 0.596. The molecule has 0 bridgehead atoms. The lowest BCUT2D eigenvalue weighted by Gasteiger charge is -2.20. The first-order chi connectivity index (χ1) is 12.5. The van der Waals surface area contributed by atoms with Crippen molar-refractivity contribution in [2.45, 2.75) is 11.8 Å². The molecule has 0 aliphatic rings. The highest BCUT2D eigenvalue weighted by Gasteiger charge is 2.16. The molecule has 0 atom stereocenters. The van der Waals surface area contributed by atoms with E-state index in [4.69, 9.17) is 4.74 Å². The zero-order valence-electron chi connectivity index (χ0n) is 14.7. The number of hydrogen-bond acceptors (Lipinski definition) is 4. The molecule has 0 heterocycles. The molecule has 2 aromatic carbocycles. The number of carbonyl (C=O) groups is 2. The lowest BCUT2D eigenvalue weighted by Crippen LogP contribution is -2.38. The van der Waals surface area contributed by atoms with Gasteiger partial charge in [-0.15, -0.1) is 11.8 Å². The van der Waals surface area contributed by atoms with E-state index in [1.807, 2.05) is 0 Å². The van der Waals surface area contributed by atoms with E-state index in [0.29, 0.717) is 22.9 Å². The molecule has 26 heavy (non-hydrogen) atoms. The number of halogens is 1. The maximum absolute atomic E-state index is 13.6. The summed E-state index contributed by atoms with van der Waals surface area (Å²) in [6.45, 7) is 2.12. The van der Waals surface area contributed by atoms with Gasteiger partial charge < -0.3 is 15.0 Å². The molecular weight excluding hydrogens is 355 g/mol. The summed E-state index contributed by atoms with van der Waals surface area (Å²) < 4.78 is 18.7. The van der Waals surface area contributed by atoms with Crippen LogP contribution >= 0.6 is 11.8 Å². The Morgan fingerprint density at radius 2 is 1.96 bits per heavy atom. The molecule has 0 aliphatic carbocycles. The van der Waals surface area contributed by atoms with Gasteiger partial charge in [0.15, 0.2) is 0 Å². The minimum absolute atomic E-state index is 0.0651. The number of likely N-dealkylation sites (N-methyl/N-ethyl adjacent to an activating group) is 1. The molecular formula is C19H21FN2O3S. The summed E-state index contributed by atoms with van der Waals surface area (Å²) in [4.78, 5) is 26.4. The van der Waals surface area contributed by atoms with Gasteiger partial charge in [-0.25, -0.2) is 4.39 Å². The number of rotatable bonds is 8. The van der Waals surface area contributed by atoms with Crippen LogP contribution in [0.15, 0.2) is 53.4 Å². The number of nitrogens with one attached hydrogen (secondary N) is 1. The van der Waals surface area contributed by atoms with Crippen LogP contribution in [0.3, 0.4) is 0 Å². The fraction of sp³-hybridized carbons (Fsp3) is 0.263. The van der Waals surface area contributed by atoms with Crippen LogP contribution in [0.5, 0.6) is 5.75 Å². The van der Waals surface area contributed by atoms with Crippen molar-refractivity contribution in [3.05, 3.63) is 54.3 Å². The Hall–Kier alpha value is -2.54. The van der Waals surface area contributed by atoms with Crippen molar-refractivity contribution >= 4 is 29.3 Å². The van der Waals surface area contributed by atoms with E-state index >= 15 is 0 Å². The number of nitrogens with zero attached hydrogens (tertiary/aromatic N) is 1. The van der Waals surface area contributed by atoms with E-state index in [9.17, 15) is 14.0 Å². The fourth-order valence-electron chi connectivity index (χ4n) is 2.24. The van der Waals surface area contributed by atoms with Crippen LogP contribution in [0.25, 0.3) is 0 Å². The van der Waals surface area contributed by atoms with Crippen LogP contribution in [0.2, 0.25) is 0 Å². The fourth-order valence-corrected chi connectivity index (χ4v) is 3.09. The van der Waals surface area contributed by atoms with Gasteiger partial charge in [0, 0.05) is 23.2 Å². The van der Waals surface area contributed by atoms with E-state index in [1.165, 1.54) is 11.0 Å². The summed E-state index contributed by atoms with van der Waals surface area (Å²) in [7, 11) is 1.55. The van der Waals surface area contributed by atoms with Crippen molar-refractivity contribution in [1.29, 1.82) is 0 Å². The third kappa shape index (κ3) is 5.77. The average molecular weight is 376 g/mol. The quantitative estimate of drug-likeness (QED) is 0.718. The van der Waals surface area contributed by atoms with Gasteiger partial charge in [-0.3, -0.25) is 9.59 Å². The lowest BCUT2D eigenvalue weighted by molar-refractivity contribution is -0.132. The monoisotopic (exact) mass is 376 g/mol. The van der Waals surface area contributed by atoms with Gasteiger partial charge in [-0.1, -0.05) is 18.2 Å². The number of hydrogen-bond donors (Lipinski definition) is 1. The molecule has 5 nitrogen and oxygen atoms in total. The van der Waals surface area contributed by atoms with Crippen LogP contribution in [0.4, 0.5) is 10.1 Å². The highest BCUT2D eigenvalue weighted by Crippen LogP contribution is 2.21. The molecule has 1 N–H and O–H groups in total. The van der Waals surface area contributed by atoms with Crippen molar-refractivity contribution in [3.8, 4) is 5.75 Å². The molecule has 0 unspecified atom stereocenters. The zero-order chi connectivity index (χ0) is 18.9. The first-order valence-corrected chi connectivity index (χ1v) is 9.11. The third-order valence-electron chi connectivity index (χ3n) is 3.61. The molecule has 2 aromatic rings. The summed E-state index contributed by atoms with van der Waals surface area (Å²) >= 11 is 1.12. The third-order valence-corrected chi connectivity index (χ3v) is 4.64. The van der Waals surface area contributed by atoms with Gasteiger partial charge in [-0.2, -0.15) is 0 Å². The molecule has 0 saturated carbocycles. The van der Waals surface area contributed by atoms with Crippen molar-refractivity contribution in [1.82, 2.24) is 4.90 Å². The van der Waals surface area contributed by atoms with Gasteiger partial charge >= 0.3 is 0 Å². The van der Waals surface area contributed by atoms with E-state index in [0.717, 1.165) is 11.8 Å².